The van der Waals surface area contributed by atoms with Gasteiger partial charge in [0.2, 0.25) is 0 Å². The number of hydrogen-bond donors (Lipinski definition) is 2. The first-order valence-corrected chi connectivity index (χ1v) is 8.43. The van der Waals surface area contributed by atoms with E-state index < -0.39 is 0 Å². The zero-order valence-corrected chi connectivity index (χ0v) is 15.2. The van der Waals surface area contributed by atoms with Gasteiger partial charge in [-0.2, -0.15) is 5.10 Å². The van der Waals surface area contributed by atoms with E-state index in [1.807, 2.05) is 38.1 Å². The molecule has 0 radical (unpaired) electrons. The molecule has 5 nitrogen and oxygen atoms in total. The SMILES string of the molecule is CCC(Nc1ccc(I)cc1C)C(=O)NN=Cc1ccncc1. The van der Waals surface area contributed by atoms with E-state index in [0.29, 0.717) is 6.42 Å². The highest BCUT2D eigenvalue weighted by Crippen LogP contribution is 2.19. The molecule has 2 rings (SSSR count). The largest absolute Gasteiger partial charge is 0.373 e. The van der Waals surface area contributed by atoms with Crippen molar-refractivity contribution in [1.29, 1.82) is 0 Å². The van der Waals surface area contributed by atoms with Gasteiger partial charge in [-0.25, -0.2) is 5.43 Å². The molecule has 0 spiro atoms. The second-order valence-corrected chi connectivity index (χ2v) is 6.32. The fraction of sp³-hybridized carbons (Fsp3) is 0.235. The Morgan fingerprint density at radius 3 is 2.74 bits per heavy atom. The molecule has 2 N–H and O–H groups in total. The molecule has 0 bridgehead atoms. The van der Waals surface area contributed by atoms with Crippen molar-refractivity contribution < 1.29 is 4.79 Å². The topological polar surface area (TPSA) is 66.4 Å². The fourth-order valence-electron chi connectivity index (χ4n) is 2.03. The quantitative estimate of drug-likeness (QED) is 0.427. The molecule has 1 heterocycles. The molecule has 1 aromatic carbocycles. The third kappa shape index (κ3) is 5.31. The van der Waals surface area contributed by atoms with Crippen LogP contribution in [0, 0.1) is 10.5 Å². The summed E-state index contributed by atoms with van der Waals surface area (Å²) in [5.74, 6) is -0.157. The molecule has 0 aliphatic carbocycles. The van der Waals surface area contributed by atoms with Crippen LogP contribution in [-0.4, -0.2) is 23.1 Å². The standard InChI is InChI=1S/C17H19IN4O/c1-3-15(21-16-5-4-14(18)10-12(16)2)17(23)22-20-11-13-6-8-19-9-7-13/h4-11,15,21H,3H2,1-2H3,(H,22,23). The molecule has 0 saturated heterocycles. The predicted molar refractivity (Wildman–Crippen MR) is 102 cm³/mol. The molecule has 6 heteroatoms. The Hall–Kier alpha value is -1.96. The van der Waals surface area contributed by atoms with E-state index >= 15 is 0 Å². The van der Waals surface area contributed by atoms with Gasteiger partial charge in [-0.15, -0.1) is 0 Å². The molecule has 1 atom stereocenters. The highest BCUT2D eigenvalue weighted by atomic mass is 127. The Bertz CT molecular complexity index is 688. The summed E-state index contributed by atoms with van der Waals surface area (Å²) < 4.78 is 1.17. The molecule has 1 aromatic heterocycles. The lowest BCUT2D eigenvalue weighted by Gasteiger charge is -2.18. The van der Waals surface area contributed by atoms with Crippen LogP contribution in [0.15, 0.2) is 47.8 Å². The molecule has 2 aromatic rings. The average Bonchev–Trinajstić information content (AvgIpc) is 2.55. The number of anilines is 1. The van der Waals surface area contributed by atoms with Crippen molar-refractivity contribution in [3.63, 3.8) is 0 Å². The summed E-state index contributed by atoms with van der Waals surface area (Å²) in [4.78, 5) is 16.2. The number of hydrogen-bond acceptors (Lipinski definition) is 4. The number of nitrogens with one attached hydrogen (secondary N) is 2. The van der Waals surface area contributed by atoms with E-state index in [0.717, 1.165) is 16.8 Å². The van der Waals surface area contributed by atoms with E-state index in [1.165, 1.54) is 3.57 Å². The van der Waals surface area contributed by atoms with Gasteiger partial charge >= 0.3 is 0 Å². The lowest BCUT2D eigenvalue weighted by atomic mass is 10.1. The van der Waals surface area contributed by atoms with Crippen LogP contribution in [0.3, 0.4) is 0 Å². The molecule has 0 saturated carbocycles. The second-order valence-electron chi connectivity index (χ2n) is 5.08. The Balaban J connectivity index is 1.97. The fourth-order valence-corrected chi connectivity index (χ4v) is 2.67. The number of carbonyl (C=O) groups is 1. The lowest BCUT2D eigenvalue weighted by molar-refractivity contribution is -0.121. The minimum Gasteiger partial charge on any atom is -0.373 e. The van der Waals surface area contributed by atoms with Crippen molar-refractivity contribution >= 4 is 40.4 Å². The van der Waals surface area contributed by atoms with Gasteiger partial charge in [-0.1, -0.05) is 6.92 Å². The molecule has 0 aliphatic heterocycles. The van der Waals surface area contributed by atoms with E-state index in [4.69, 9.17) is 0 Å². The van der Waals surface area contributed by atoms with Gasteiger partial charge in [0.05, 0.1) is 6.21 Å². The van der Waals surface area contributed by atoms with E-state index in [9.17, 15) is 4.79 Å². The molecule has 0 aliphatic rings. The van der Waals surface area contributed by atoms with Gasteiger partial charge in [-0.05, 0) is 77.4 Å². The molecule has 1 amide bonds. The van der Waals surface area contributed by atoms with Crippen molar-refractivity contribution in [2.45, 2.75) is 26.3 Å². The Labute approximate surface area is 149 Å². The van der Waals surface area contributed by atoms with Gasteiger partial charge in [0.15, 0.2) is 0 Å². The van der Waals surface area contributed by atoms with Gasteiger partial charge in [-0.3, -0.25) is 9.78 Å². The summed E-state index contributed by atoms with van der Waals surface area (Å²) >= 11 is 2.27. The number of rotatable bonds is 6. The maximum absolute atomic E-state index is 12.2. The van der Waals surface area contributed by atoms with Crippen LogP contribution in [0.25, 0.3) is 0 Å². The van der Waals surface area contributed by atoms with Crippen LogP contribution in [0.4, 0.5) is 5.69 Å². The highest BCUT2D eigenvalue weighted by molar-refractivity contribution is 14.1. The van der Waals surface area contributed by atoms with E-state index in [-0.39, 0.29) is 11.9 Å². The van der Waals surface area contributed by atoms with Crippen LogP contribution >= 0.6 is 22.6 Å². The summed E-state index contributed by atoms with van der Waals surface area (Å²) in [6, 6.07) is 9.40. The van der Waals surface area contributed by atoms with Crippen molar-refractivity contribution in [1.82, 2.24) is 10.4 Å². The molecule has 23 heavy (non-hydrogen) atoms. The monoisotopic (exact) mass is 422 g/mol. The van der Waals surface area contributed by atoms with Gasteiger partial charge in [0, 0.05) is 21.7 Å². The summed E-state index contributed by atoms with van der Waals surface area (Å²) in [5.41, 5.74) is 5.54. The predicted octanol–water partition coefficient (Wildman–Crippen LogP) is 3.34. The van der Waals surface area contributed by atoms with Crippen molar-refractivity contribution in [3.8, 4) is 0 Å². The molecular weight excluding hydrogens is 403 g/mol. The zero-order valence-electron chi connectivity index (χ0n) is 13.1. The van der Waals surface area contributed by atoms with E-state index in [1.54, 1.807) is 18.6 Å². The summed E-state index contributed by atoms with van der Waals surface area (Å²) in [6.45, 7) is 3.99. The maximum Gasteiger partial charge on any atom is 0.262 e. The lowest BCUT2D eigenvalue weighted by Crippen LogP contribution is -2.37. The van der Waals surface area contributed by atoms with Crippen LogP contribution < -0.4 is 10.7 Å². The Morgan fingerprint density at radius 1 is 1.35 bits per heavy atom. The zero-order chi connectivity index (χ0) is 16.7. The first-order chi connectivity index (χ1) is 11.1. The summed E-state index contributed by atoms with van der Waals surface area (Å²) in [7, 11) is 0. The van der Waals surface area contributed by atoms with Crippen molar-refractivity contribution in [3.05, 3.63) is 57.4 Å². The number of carbonyl (C=O) groups excluding carboxylic acids is 1. The number of amides is 1. The third-order valence-electron chi connectivity index (χ3n) is 3.34. The van der Waals surface area contributed by atoms with Crippen LogP contribution in [0.5, 0.6) is 0 Å². The summed E-state index contributed by atoms with van der Waals surface area (Å²) in [5, 5.41) is 7.27. The Kier molecular flexibility index (Phi) is 6.52. The second kappa shape index (κ2) is 8.61. The molecule has 120 valence electrons. The van der Waals surface area contributed by atoms with Crippen LogP contribution in [-0.2, 0) is 4.79 Å². The molecule has 1 unspecified atom stereocenters. The normalized spacial score (nSPS) is 12.1. The van der Waals surface area contributed by atoms with Crippen molar-refractivity contribution in [2.24, 2.45) is 5.10 Å². The molecule has 0 fully saturated rings. The van der Waals surface area contributed by atoms with Gasteiger partial charge < -0.3 is 5.32 Å². The minimum absolute atomic E-state index is 0.157. The first kappa shape index (κ1) is 17.4. The van der Waals surface area contributed by atoms with Gasteiger partial charge in [0.1, 0.15) is 6.04 Å². The number of halogens is 1. The Morgan fingerprint density at radius 2 is 2.09 bits per heavy atom. The van der Waals surface area contributed by atoms with E-state index in [2.05, 4.69) is 49.5 Å². The van der Waals surface area contributed by atoms with Crippen LogP contribution in [0.1, 0.15) is 24.5 Å². The number of hydrazone groups is 1. The molecular formula is C17H19IN4O. The number of aromatic nitrogens is 1. The summed E-state index contributed by atoms with van der Waals surface area (Å²) in [6.07, 6.45) is 5.63. The third-order valence-corrected chi connectivity index (χ3v) is 4.01. The number of benzene rings is 1. The van der Waals surface area contributed by atoms with Crippen molar-refractivity contribution in [2.75, 3.05) is 5.32 Å². The van der Waals surface area contributed by atoms with Crippen LogP contribution in [0.2, 0.25) is 0 Å². The number of pyridine rings is 1. The maximum atomic E-state index is 12.2. The number of aryl methyl sites for hydroxylation is 1. The number of nitrogens with zero attached hydrogens (tertiary/aromatic N) is 2. The first-order valence-electron chi connectivity index (χ1n) is 7.35. The minimum atomic E-state index is -0.330. The van der Waals surface area contributed by atoms with Gasteiger partial charge in [0.25, 0.3) is 5.91 Å². The average molecular weight is 422 g/mol. The smallest absolute Gasteiger partial charge is 0.262 e. The highest BCUT2D eigenvalue weighted by Gasteiger charge is 2.16.